The number of nitrogens with zero attached hydrogens (tertiary/aromatic N) is 6. The zero-order valence-electron chi connectivity index (χ0n) is 41.0. The van der Waals surface area contributed by atoms with Crippen molar-refractivity contribution in [3.8, 4) is 0 Å². The molecule has 76 heavy (non-hydrogen) atoms. The minimum absolute atomic E-state index is 0.0745. The Labute approximate surface area is 429 Å². The van der Waals surface area contributed by atoms with E-state index >= 15 is 0 Å². The lowest BCUT2D eigenvalue weighted by Crippen LogP contribution is -2.33. The van der Waals surface area contributed by atoms with Gasteiger partial charge in [-0.15, -0.1) is 0 Å². The molecule has 4 saturated carbocycles. The number of anilines is 4. The van der Waals surface area contributed by atoms with E-state index < -0.39 is 24.3 Å². The van der Waals surface area contributed by atoms with Gasteiger partial charge in [0, 0.05) is 77.5 Å². The van der Waals surface area contributed by atoms with Crippen molar-refractivity contribution >= 4 is 88.1 Å². The van der Waals surface area contributed by atoms with E-state index in [1.165, 1.54) is 0 Å². The van der Waals surface area contributed by atoms with Crippen LogP contribution in [0.2, 0.25) is 0 Å². The van der Waals surface area contributed by atoms with Gasteiger partial charge in [0.05, 0.1) is 25.2 Å². The number of halogens is 6. The number of carbonyl (C=O) groups is 7. The lowest BCUT2D eigenvalue weighted by Gasteiger charge is -2.29. The molecule has 10 N–H and O–H groups in total. The summed E-state index contributed by atoms with van der Waals surface area (Å²) in [6, 6.07) is 5.85. The number of carboxylic acids is 2. The van der Waals surface area contributed by atoms with Crippen molar-refractivity contribution in [2.24, 2.45) is 11.7 Å². The highest BCUT2D eigenvalue weighted by Gasteiger charge is 2.39. The number of alkyl halides is 6. The SMILES string of the molecule is CCC(=O)CC1CCC(Nc2cc(NC3CC3)n3ncc(/C=C4\CC(=O)NC4=O)c3n2)CC1.NC1CCC(Nc2cc(NC3CC3)n3ncc(/C=C4\CC(=O)NC4=O)c3n2)CC1.O=C(O)C(F)(F)F.O=C(O)C(F)(F)F. The van der Waals surface area contributed by atoms with E-state index in [1.807, 2.05) is 19.1 Å². The van der Waals surface area contributed by atoms with Crippen molar-refractivity contribution in [1.82, 2.24) is 39.8 Å². The molecule has 0 bridgehead atoms. The molecule has 0 unspecified atom stereocenters. The van der Waals surface area contributed by atoms with Crippen LogP contribution in [0.4, 0.5) is 49.6 Å². The molecule has 6 aliphatic rings. The van der Waals surface area contributed by atoms with E-state index in [4.69, 9.17) is 35.5 Å². The van der Waals surface area contributed by atoms with Crippen LogP contribution in [0.15, 0.2) is 35.7 Å². The zero-order valence-corrected chi connectivity index (χ0v) is 41.0. The van der Waals surface area contributed by atoms with E-state index in [2.05, 4.69) is 42.1 Å². The standard InChI is InChI=1S/C24H30N6O3.C20H25N7O2.2C2HF3O2/c1-2-19(31)9-14-3-5-17(6-4-14)26-20-12-21(27-18-7-8-18)30-23(28-20)16(13-25-30)10-15-11-22(32)29-24(15)33;21-13-1-3-14(4-2-13)23-16-9-17(24-15-5-6-15)27-19(25-16)12(10-22-27)7-11-8-18(28)26-20(11)29;2*3-2(4,5)1(6)7/h10,12-14,17-18,27H,2-9,11H2,1H3,(H,26,28)(H,29,32,33);7,9-10,13-15,24H,1-6,8,21H2,(H,23,25)(H,26,28,29);2*(H,6,7)/b15-10+;11-7+;;. The first kappa shape index (κ1) is 56.1. The molecule has 2 saturated heterocycles. The van der Waals surface area contributed by atoms with E-state index in [-0.39, 0.29) is 36.5 Å². The number of ketones is 1. The van der Waals surface area contributed by atoms with Gasteiger partial charge in [0.25, 0.3) is 11.8 Å². The smallest absolute Gasteiger partial charge is 0.475 e. The molecule has 6 fully saturated rings. The fourth-order valence-corrected chi connectivity index (χ4v) is 8.67. The van der Waals surface area contributed by atoms with Crippen molar-refractivity contribution in [3.63, 3.8) is 0 Å². The van der Waals surface area contributed by atoms with Gasteiger partial charge in [-0.25, -0.2) is 19.6 Å². The van der Waals surface area contributed by atoms with Crippen molar-refractivity contribution < 1.29 is 70.1 Å². The van der Waals surface area contributed by atoms with E-state index in [0.29, 0.717) is 82.8 Å². The molecule has 22 nitrogen and oxygen atoms in total. The average molecular weight is 1070 g/mol. The maximum Gasteiger partial charge on any atom is 0.490 e. The van der Waals surface area contributed by atoms with Crippen LogP contribution in [-0.4, -0.2) is 123 Å². The van der Waals surface area contributed by atoms with E-state index in [1.54, 1.807) is 33.6 Å². The second kappa shape index (κ2) is 23.9. The maximum absolute atomic E-state index is 12.0. The minimum atomic E-state index is -5.08. The number of carboxylic acid groups (broad SMARTS) is 2. The number of rotatable bonds is 13. The number of aliphatic carboxylic acids is 2. The molecular weight excluding hydrogens is 1020 g/mol. The number of nitrogens with one attached hydrogen (secondary N) is 6. The predicted molar refractivity (Wildman–Crippen MR) is 261 cm³/mol. The lowest BCUT2D eigenvalue weighted by molar-refractivity contribution is -0.193. The Morgan fingerprint density at radius 2 is 0.987 bits per heavy atom. The number of imide groups is 2. The van der Waals surface area contributed by atoms with Gasteiger partial charge in [-0.2, -0.15) is 45.6 Å². The number of Topliss-reactive ketones (excluding diaryl/α,β-unsaturated/α-hetero) is 1. The number of hydrogen-bond donors (Lipinski definition) is 9. The first-order valence-corrected chi connectivity index (χ1v) is 24.7. The summed E-state index contributed by atoms with van der Waals surface area (Å²) >= 11 is 0. The second-order valence-electron chi connectivity index (χ2n) is 19.3. The Morgan fingerprint density at radius 3 is 1.32 bits per heavy atom. The third-order valence-corrected chi connectivity index (χ3v) is 13.0. The van der Waals surface area contributed by atoms with Gasteiger partial charge in [-0.05, 0) is 95.1 Å². The molecule has 6 heterocycles. The summed E-state index contributed by atoms with van der Waals surface area (Å²) in [5.74, 6) is -2.64. The zero-order chi connectivity index (χ0) is 55.1. The predicted octanol–water partition coefficient (Wildman–Crippen LogP) is 5.76. The maximum atomic E-state index is 12.0. The Morgan fingerprint density at radius 1 is 0.632 bits per heavy atom. The second-order valence-corrected chi connectivity index (χ2v) is 19.3. The number of carbonyl (C=O) groups excluding carboxylic acids is 5. The Hall–Kier alpha value is -7.65. The molecule has 10 rings (SSSR count). The van der Waals surface area contributed by atoms with E-state index in [0.717, 1.165) is 106 Å². The van der Waals surface area contributed by atoms with E-state index in [9.17, 15) is 50.3 Å². The Bertz CT molecular complexity index is 2890. The number of fused-ring (bicyclic) bond motifs is 2. The molecule has 410 valence electrons. The van der Waals surface area contributed by atoms with Gasteiger partial charge >= 0.3 is 24.3 Å². The number of nitrogens with two attached hydrogens (primary N) is 1. The summed E-state index contributed by atoms with van der Waals surface area (Å²) in [7, 11) is 0. The van der Waals surface area contributed by atoms with Crippen molar-refractivity contribution in [3.05, 3.63) is 46.8 Å². The average Bonchev–Trinajstić information content (AvgIpc) is 4.23. The molecule has 0 spiro atoms. The highest BCUT2D eigenvalue weighted by molar-refractivity contribution is 6.16. The number of amides is 4. The van der Waals surface area contributed by atoms with Crippen molar-refractivity contribution in [2.75, 3.05) is 21.3 Å². The van der Waals surface area contributed by atoms with Gasteiger partial charge in [-0.1, -0.05) is 6.92 Å². The van der Waals surface area contributed by atoms with Crippen LogP contribution in [0.3, 0.4) is 0 Å². The summed E-state index contributed by atoms with van der Waals surface area (Å²) < 4.78 is 67.0. The minimum Gasteiger partial charge on any atom is -0.475 e. The van der Waals surface area contributed by atoms with Gasteiger partial charge in [0.15, 0.2) is 11.3 Å². The van der Waals surface area contributed by atoms with Crippen LogP contribution in [0, 0.1) is 5.92 Å². The summed E-state index contributed by atoms with van der Waals surface area (Å²) in [4.78, 5) is 86.2. The Kier molecular flexibility index (Phi) is 17.6. The number of hydrogen-bond acceptors (Lipinski definition) is 16. The first-order valence-electron chi connectivity index (χ1n) is 24.7. The van der Waals surface area contributed by atoms with Gasteiger partial charge in [0.1, 0.15) is 29.1 Å². The van der Waals surface area contributed by atoms with Crippen LogP contribution in [0.25, 0.3) is 23.4 Å². The third-order valence-electron chi connectivity index (χ3n) is 13.0. The fraction of sp³-hybridized carbons (Fsp3) is 0.521. The van der Waals surface area contributed by atoms with Crippen LogP contribution >= 0.6 is 0 Å². The summed E-state index contributed by atoms with van der Waals surface area (Å²) in [5, 5.41) is 42.0. The van der Waals surface area contributed by atoms with Crippen LogP contribution in [-0.2, 0) is 33.6 Å². The van der Waals surface area contributed by atoms with Crippen molar-refractivity contribution in [2.45, 2.75) is 152 Å². The largest absolute Gasteiger partial charge is 0.490 e. The van der Waals surface area contributed by atoms with Crippen LogP contribution in [0.1, 0.15) is 121 Å². The molecule has 4 aromatic heterocycles. The summed E-state index contributed by atoms with van der Waals surface area (Å²) in [6.07, 6.45) is 10.9. The molecule has 0 atom stereocenters. The van der Waals surface area contributed by atoms with Crippen LogP contribution < -0.4 is 37.6 Å². The Balaban J connectivity index is 0.000000178. The highest BCUT2D eigenvalue weighted by atomic mass is 19.4. The molecule has 2 aliphatic heterocycles. The van der Waals surface area contributed by atoms with Gasteiger partial charge in [-0.3, -0.25) is 34.6 Å². The lowest BCUT2D eigenvalue weighted by atomic mass is 9.83. The molecular formula is C48H57F6N13O9. The molecule has 4 amide bonds. The van der Waals surface area contributed by atoms with Gasteiger partial charge in [0.2, 0.25) is 11.8 Å². The van der Waals surface area contributed by atoms with Gasteiger partial charge < -0.3 is 37.2 Å². The molecule has 0 radical (unpaired) electrons. The van der Waals surface area contributed by atoms with Crippen molar-refractivity contribution in [1.29, 1.82) is 0 Å². The normalized spacial score (nSPS) is 22.6. The molecule has 4 aromatic rings. The fourth-order valence-electron chi connectivity index (χ4n) is 8.67. The topological polar surface area (TPSA) is 319 Å². The summed E-state index contributed by atoms with van der Waals surface area (Å²) in [6.45, 7) is 1.93. The quantitative estimate of drug-likeness (QED) is 0.0437. The molecule has 0 aromatic carbocycles. The molecule has 28 heteroatoms. The monoisotopic (exact) mass is 1070 g/mol. The first-order chi connectivity index (χ1) is 35.9. The highest BCUT2D eigenvalue weighted by Crippen LogP contribution is 2.33. The summed E-state index contributed by atoms with van der Waals surface area (Å²) in [5.41, 5.74) is 9.61. The number of aromatic nitrogens is 6. The molecule has 4 aliphatic carbocycles. The van der Waals surface area contributed by atoms with Crippen LogP contribution in [0.5, 0.6) is 0 Å². The third kappa shape index (κ3) is 15.7.